The van der Waals surface area contributed by atoms with Gasteiger partial charge in [-0.3, -0.25) is 4.99 Å². The molecule has 5 heteroatoms. The third-order valence-electron chi connectivity index (χ3n) is 4.05. The normalized spacial score (nSPS) is 15.1. The lowest BCUT2D eigenvalue weighted by Crippen LogP contribution is -2.37. The third kappa shape index (κ3) is 6.78. The zero-order valence-corrected chi connectivity index (χ0v) is 15.9. The van der Waals surface area contributed by atoms with E-state index in [1.807, 2.05) is 13.8 Å². The minimum atomic E-state index is 0.158. The molecule has 0 amide bonds. The molecular formula is C20H31N3O2. The quantitative estimate of drug-likeness (QED) is 0.453. The van der Waals surface area contributed by atoms with Gasteiger partial charge in [-0.25, -0.2) is 0 Å². The van der Waals surface area contributed by atoms with E-state index in [2.05, 4.69) is 46.8 Å². The van der Waals surface area contributed by atoms with Gasteiger partial charge in [0, 0.05) is 25.7 Å². The molecule has 0 saturated heterocycles. The van der Waals surface area contributed by atoms with Crippen LogP contribution in [0.5, 0.6) is 5.75 Å². The van der Waals surface area contributed by atoms with E-state index in [4.69, 9.17) is 9.47 Å². The third-order valence-corrected chi connectivity index (χ3v) is 4.05. The van der Waals surface area contributed by atoms with Gasteiger partial charge in [0.05, 0.1) is 19.3 Å². The fourth-order valence-electron chi connectivity index (χ4n) is 2.70. The fraction of sp³-hybridized carbons (Fsp3) is 0.550. The van der Waals surface area contributed by atoms with E-state index < -0.39 is 0 Å². The van der Waals surface area contributed by atoms with E-state index in [-0.39, 0.29) is 6.10 Å². The Balaban J connectivity index is 1.84. The Labute approximate surface area is 151 Å². The van der Waals surface area contributed by atoms with Crippen molar-refractivity contribution < 1.29 is 9.47 Å². The van der Waals surface area contributed by atoms with Gasteiger partial charge in [0.25, 0.3) is 0 Å². The molecule has 0 atom stereocenters. The summed E-state index contributed by atoms with van der Waals surface area (Å²) in [5, 5.41) is 6.75. The highest BCUT2D eigenvalue weighted by molar-refractivity contribution is 5.79. The number of benzene rings is 1. The summed E-state index contributed by atoms with van der Waals surface area (Å²) in [5.74, 6) is 1.74. The smallest absolute Gasteiger partial charge is 0.191 e. The second-order valence-electron chi connectivity index (χ2n) is 6.57. The van der Waals surface area contributed by atoms with Crippen LogP contribution in [0.4, 0.5) is 0 Å². The number of aryl methyl sites for hydroxylation is 1. The first-order chi connectivity index (χ1) is 12.1. The molecule has 1 aromatic carbocycles. The van der Waals surface area contributed by atoms with Crippen LogP contribution in [0.2, 0.25) is 0 Å². The number of aliphatic imine (C=N–C) groups is 1. The molecule has 0 aliphatic carbocycles. The molecule has 1 aromatic rings. The van der Waals surface area contributed by atoms with Gasteiger partial charge in [-0.2, -0.15) is 0 Å². The van der Waals surface area contributed by atoms with Crippen LogP contribution in [0.3, 0.4) is 0 Å². The Morgan fingerprint density at radius 3 is 2.84 bits per heavy atom. The molecule has 2 N–H and O–H groups in total. The molecule has 0 bridgehead atoms. The van der Waals surface area contributed by atoms with E-state index >= 15 is 0 Å². The van der Waals surface area contributed by atoms with Gasteiger partial charge < -0.3 is 20.1 Å². The lowest BCUT2D eigenvalue weighted by atomic mass is 10.1. The summed E-state index contributed by atoms with van der Waals surface area (Å²) in [6.07, 6.45) is 4.40. The lowest BCUT2D eigenvalue weighted by molar-refractivity contribution is 0.153. The van der Waals surface area contributed by atoms with Crippen molar-refractivity contribution in [3.63, 3.8) is 0 Å². The molecule has 0 saturated carbocycles. The number of hydrogen-bond donors (Lipinski definition) is 2. The van der Waals surface area contributed by atoms with Crippen LogP contribution >= 0.6 is 0 Å². The van der Waals surface area contributed by atoms with E-state index in [0.717, 1.165) is 49.9 Å². The van der Waals surface area contributed by atoms with Gasteiger partial charge in [0.1, 0.15) is 5.75 Å². The lowest BCUT2D eigenvalue weighted by Gasteiger charge is -2.18. The predicted octanol–water partition coefficient (Wildman–Crippen LogP) is 3.18. The number of ether oxygens (including phenoxy) is 2. The minimum Gasteiger partial charge on any atom is -0.491 e. The Morgan fingerprint density at radius 2 is 2.16 bits per heavy atom. The van der Waals surface area contributed by atoms with Crippen molar-refractivity contribution in [2.45, 2.75) is 46.3 Å². The van der Waals surface area contributed by atoms with Gasteiger partial charge in [-0.1, -0.05) is 23.8 Å². The molecule has 25 heavy (non-hydrogen) atoms. The molecule has 0 radical (unpaired) electrons. The van der Waals surface area contributed by atoms with Crippen molar-refractivity contribution in [2.24, 2.45) is 4.99 Å². The van der Waals surface area contributed by atoms with Crippen LogP contribution in [0.15, 0.2) is 34.8 Å². The predicted molar refractivity (Wildman–Crippen MR) is 103 cm³/mol. The summed E-state index contributed by atoms with van der Waals surface area (Å²) in [7, 11) is 1.80. The van der Waals surface area contributed by atoms with Crippen molar-refractivity contribution in [1.82, 2.24) is 10.6 Å². The molecule has 1 heterocycles. The molecule has 138 valence electrons. The number of guanidine groups is 1. The van der Waals surface area contributed by atoms with E-state index in [0.29, 0.717) is 6.54 Å². The van der Waals surface area contributed by atoms with Gasteiger partial charge in [0.2, 0.25) is 0 Å². The molecule has 1 aliphatic rings. The van der Waals surface area contributed by atoms with Crippen molar-refractivity contribution in [3.05, 3.63) is 41.0 Å². The first-order valence-corrected chi connectivity index (χ1v) is 9.05. The number of rotatable bonds is 7. The maximum absolute atomic E-state index is 5.93. The van der Waals surface area contributed by atoms with Crippen LogP contribution in [-0.4, -0.2) is 38.9 Å². The van der Waals surface area contributed by atoms with Crippen LogP contribution in [-0.2, 0) is 11.3 Å². The molecule has 0 fully saturated rings. The summed E-state index contributed by atoms with van der Waals surface area (Å²) in [6, 6.07) is 6.31. The average molecular weight is 345 g/mol. The second-order valence-corrected chi connectivity index (χ2v) is 6.57. The summed E-state index contributed by atoms with van der Waals surface area (Å²) >= 11 is 0. The first-order valence-electron chi connectivity index (χ1n) is 9.05. The van der Waals surface area contributed by atoms with E-state index in [9.17, 15) is 0 Å². The van der Waals surface area contributed by atoms with Crippen LogP contribution in [0.25, 0.3) is 0 Å². The van der Waals surface area contributed by atoms with E-state index in [1.54, 1.807) is 7.05 Å². The van der Waals surface area contributed by atoms with E-state index in [1.165, 1.54) is 11.1 Å². The highest BCUT2D eigenvalue weighted by atomic mass is 16.5. The molecule has 0 aromatic heterocycles. The van der Waals surface area contributed by atoms with Crippen molar-refractivity contribution in [1.29, 1.82) is 0 Å². The second kappa shape index (κ2) is 10.1. The summed E-state index contributed by atoms with van der Waals surface area (Å²) in [6.45, 7) is 9.30. The molecule has 0 unspecified atom stereocenters. The monoisotopic (exact) mass is 345 g/mol. The highest BCUT2D eigenvalue weighted by Gasteiger charge is 2.08. The van der Waals surface area contributed by atoms with Crippen LogP contribution < -0.4 is 15.4 Å². The van der Waals surface area contributed by atoms with Gasteiger partial charge in [-0.05, 0) is 45.2 Å². The summed E-state index contributed by atoms with van der Waals surface area (Å²) in [4.78, 5) is 4.30. The standard InChI is InChI=1S/C20H31N3O2/c1-15(2)25-19-13-16(3)5-6-18(19)14-23-20(21-4)22-10-7-17-8-11-24-12-9-17/h5-6,8,13,15H,7,9-12,14H2,1-4H3,(H2,21,22,23). The van der Waals surface area contributed by atoms with Gasteiger partial charge in [-0.15, -0.1) is 0 Å². The van der Waals surface area contributed by atoms with Crippen LogP contribution in [0, 0.1) is 6.92 Å². The Morgan fingerprint density at radius 1 is 1.32 bits per heavy atom. The molecule has 1 aliphatic heterocycles. The number of nitrogens with one attached hydrogen (secondary N) is 2. The number of nitrogens with zero attached hydrogens (tertiary/aromatic N) is 1. The number of hydrogen-bond acceptors (Lipinski definition) is 3. The van der Waals surface area contributed by atoms with Gasteiger partial charge >= 0.3 is 0 Å². The Kier molecular flexibility index (Phi) is 7.79. The average Bonchev–Trinajstić information content (AvgIpc) is 2.59. The molecule has 2 rings (SSSR count). The maximum Gasteiger partial charge on any atom is 0.191 e. The Bertz CT molecular complexity index is 609. The highest BCUT2D eigenvalue weighted by Crippen LogP contribution is 2.21. The Hall–Kier alpha value is -2.01. The zero-order chi connectivity index (χ0) is 18.1. The first kappa shape index (κ1) is 19.3. The molecular weight excluding hydrogens is 314 g/mol. The molecule has 0 spiro atoms. The summed E-state index contributed by atoms with van der Waals surface area (Å²) in [5.41, 5.74) is 3.79. The van der Waals surface area contributed by atoms with Crippen LogP contribution in [0.1, 0.15) is 37.8 Å². The zero-order valence-electron chi connectivity index (χ0n) is 15.9. The largest absolute Gasteiger partial charge is 0.491 e. The topological polar surface area (TPSA) is 54.9 Å². The minimum absolute atomic E-state index is 0.158. The van der Waals surface area contributed by atoms with Crippen molar-refractivity contribution in [2.75, 3.05) is 26.8 Å². The maximum atomic E-state index is 5.93. The summed E-state index contributed by atoms with van der Waals surface area (Å²) < 4.78 is 11.3. The fourth-order valence-corrected chi connectivity index (χ4v) is 2.70. The van der Waals surface area contributed by atoms with Gasteiger partial charge in [0.15, 0.2) is 5.96 Å². The SMILES string of the molecule is CN=C(NCCC1=CCOCC1)NCc1ccc(C)cc1OC(C)C. The van der Waals surface area contributed by atoms with Crippen molar-refractivity contribution in [3.8, 4) is 5.75 Å². The van der Waals surface area contributed by atoms with Crippen molar-refractivity contribution >= 4 is 5.96 Å². The molecule has 5 nitrogen and oxygen atoms in total.